The maximum absolute atomic E-state index is 14.1. The Bertz CT molecular complexity index is 1220. The molecule has 0 radical (unpaired) electrons. The third-order valence-corrected chi connectivity index (χ3v) is 7.87. The van der Waals surface area contributed by atoms with Gasteiger partial charge in [0.05, 0.1) is 35.7 Å². The first-order valence-electron chi connectivity index (χ1n) is 12.4. The lowest BCUT2D eigenvalue weighted by molar-refractivity contribution is -0.145. The minimum Gasteiger partial charge on any atom is -0.464 e. The second kappa shape index (κ2) is 11.8. The molecule has 1 unspecified atom stereocenters. The fraction of sp³-hybridized carbons (Fsp3) is 0.520. The van der Waals surface area contributed by atoms with Crippen LogP contribution in [-0.2, 0) is 20.5 Å². The molecular formula is C25H29ClF3N5O4S. The average molecular weight is 588 g/mol. The van der Waals surface area contributed by atoms with E-state index in [2.05, 4.69) is 10.4 Å². The number of aromatic nitrogens is 2. The van der Waals surface area contributed by atoms with Crippen molar-refractivity contribution < 1.29 is 32.3 Å². The lowest BCUT2D eigenvalue weighted by Gasteiger charge is -2.44. The van der Waals surface area contributed by atoms with Gasteiger partial charge >= 0.3 is 12.1 Å². The maximum Gasteiger partial charge on any atom is 0.434 e. The first-order valence-corrected chi connectivity index (χ1v) is 14.2. The number of thioether (sulfide) groups is 1. The summed E-state index contributed by atoms with van der Waals surface area (Å²) in [5, 5.41) is 7.65. The van der Waals surface area contributed by atoms with E-state index >= 15 is 0 Å². The third kappa shape index (κ3) is 6.20. The van der Waals surface area contributed by atoms with Crippen LogP contribution in [0.2, 0.25) is 5.02 Å². The Labute approximate surface area is 233 Å². The summed E-state index contributed by atoms with van der Waals surface area (Å²) in [6.07, 6.45) is -0.726. The molecule has 1 N–H and O–H groups in total. The number of alkyl halides is 3. The molecule has 2 aliphatic rings. The minimum absolute atomic E-state index is 0.0290. The standard InChI is InChI=1S/C25H29ClF3N5O4S/c1-16(35)38-13-12-33-23(37)20(7-14-39-2)31-24(33)8-10-32(11-9-24)22(36)19-15-30-34(21(19)25(27,28)29)18-5-3-17(26)4-6-18/h3-6,15,20,31H,7-14H2,1-2H3. The Hall–Kier alpha value is -2.77. The number of piperidine rings is 1. The number of amides is 2. The van der Waals surface area contributed by atoms with E-state index in [0.717, 1.165) is 11.9 Å². The van der Waals surface area contributed by atoms with Crippen LogP contribution < -0.4 is 5.32 Å². The van der Waals surface area contributed by atoms with Crippen LogP contribution in [0, 0.1) is 0 Å². The number of carbonyl (C=O) groups is 3. The number of nitrogens with one attached hydrogen (secondary N) is 1. The van der Waals surface area contributed by atoms with Crippen LogP contribution in [0.4, 0.5) is 13.2 Å². The SMILES string of the molecule is CSCCC1NC2(CCN(C(=O)c3cnn(-c4ccc(Cl)cc4)c3C(F)(F)F)CC2)N(CCOC(C)=O)C1=O. The highest BCUT2D eigenvalue weighted by Crippen LogP contribution is 2.37. The Kier molecular flexibility index (Phi) is 8.82. The van der Waals surface area contributed by atoms with Gasteiger partial charge in [-0.05, 0) is 42.7 Å². The van der Waals surface area contributed by atoms with E-state index in [4.69, 9.17) is 16.3 Å². The summed E-state index contributed by atoms with van der Waals surface area (Å²) >= 11 is 7.48. The molecule has 1 spiro atoms. The molecule has 2 fully saturated rings. The Balaban J connectivity index is 1.54. The molecular weight excluding hydrogens is 559 g/mol. The number of benzene rings is 1. The highest BCUT2D eigenvalue weighted by Gasteiger charge is 2.52. The van der Waals surface area contributed by atoms with Gasteiger partial charge in [0, 0.05) is 37.9 Å². The smallest absolute Gasteiger partial charge is 0.434 e. The molecule has 0 saturated carbocycles. The van der Waals surface area contributed by atoms with Crippen LogP contribution in [0.25, 0.3) is 5.69 Å². The molecule has 2 aliphatic heterocycles. The molecule has 1 aromatic carbocycles. The van der Waals surface area contributed by atoms with Gasteiger partial charge in [0.25, 0.3) is 5.91 Å². The van der Waals surface area contributed by atoms with Crippen molar-refractivity contribution >= 4 is 41.1 Å². The van der Waals surface area contributed by atoms with Crippen molar-refractivity contribution in [2.24, 2.45) is 0 Å². The summed E-state index contributed by atoms with van der Waals surface area (Å²) in [6.45, 7) is 1.75. The minimum atomic E-state index is -4.84. The largest absolute Gasteiger partial charge is 0.464 e. The quantitative estimate of drug-likeness (QED) is 0.472. The number of hydrogen-bond donors (Lipinski definition) is 1. The first kappa shape index (κ1) is 29.2. The van der Waals surface area contributed by atoms with E-state index in [9.17, 15) is 27.6 Å². The van der Waals surface area contributed by atoms with E-state index in [1.54, 1.807) is 16.7 Å². The molecule has 0 aliphatic carbocycles. The van der Waals surface area contributed by atoms with Crippen molar-refractivity contribution in [1.82, 2.24) is 24.9 Å². The summed E-state index contributed by atoms with van der Waals surface area (Å²) in [5.41, 5.74) is -2.37. The maximum atomic E-state index is 14.1. The van der Waals surface area contributed by atoms with Crippen LogP contribution in [0.1, 0.15) is 42.2 Å². The second-order valence-electron chi connectivity index (χ2n) is 9.42. The van der Waals surface area contributed by atoms with Crippen molar-refractivity contribution in [3.05, 3.63) is 46.7 Å². The van der Waals surface area contributed by atoms with Gasteiger partial charge in [-0.3, -0.25) is 19.7 Å². The van der Waals surface area contributed by atoms with Gasteiger partial charge in [-0.2, -0.15) is 30.0 Å². The van der Waals surface area contributed by atoms with E-state index < -0.39 is 41.0 Å². The lowest BCUT2D eigenvalue weighted by atomic mass is 9.95. The predicted octanol–water partition coefficient (Wildman–Crippen LogP) is 3.59. The summed E-state index contributed by atoms with van der Waals surface area (Å²) in [6, 6.07) is 5.25. The second-order valence-corrected chi connectivity index (χ2v) is 10.8. The Morgan fingerprint density at radius 2 is 1.90 bits per heavy atom. The topological polar surface area (TPSA) is 96.8 Å². The first-order chi connectivity index (χ1) is 18.5. The fourth-order valence-corrected chi connectivity index (χ4v) is 5.72. The molecule has 14 heteroatoms. The van der Waals surface area contributed by atoms with Gasteiger partial charge in [0.2, 0.25) is 5.91 Å². The molecule has 4 rings (SSSR count). The number of carbonyl (C=O) groups excluding carboxylic acids is 3. The molecule has 2 aromatic rings. The molecule has 1 atom stereocenters. The van der Waals surface area contributed by atoms with Gasteiger partial charge in [0.15, 0.2) is 5.69 Å². The van der Waals surface area contributed by atoms with Gasteiger partial charge in [-0.15, -0.1) is 0 Å². The van der Waals surface area contributed by atoms with Crippen LogP contribution in [0.5, 0.6) is 0 Å². The zero-order chi connectivity index (χ0) is 28.4. The van der Waals surface area contributed by atoms with Crippen molar-refractivity contribution in [2.75, 3.05) is 38.2 Å². The van der Waals surface area contributed by atoms with Crippen LogP contribution >= 0.6 is 23.4 Å². The lowest BCUT2D eigenvalue weighted by Crippen LogP contribution is -2.60. The molecule has 2 amide bonds. The van der Waals surface area contributed by atoms with Gasteiger partial charge in [-0.1, -0.05) is 11.6 Å². The van der Waals surface area contributed by atoms with Gasteiger partial charge in [0.1, 0.15) is 6.61 Å². The number of hydrogen-bond acceptors (Lipinski definition) is 7. The molecule has 2 saturated heterocycles. The van der Waals surface area contributed by atoms with Crippen molar-refractivity contribution in [3.8, 4) is 5.69 Å². The number of nitrogens with zero attached hydrogens (tertiary/aromatic N) is 4. The predicted molar refractivity (Wildman–Crippen MR) is 140 cm³/mol. The monoisotopic (exact) mass is 587 g/mol. The molecule has 9 nitrogen and oxygen atoms in total. The van der Waals surface area contributed by atoms with Crippen LogP contribution in [-0.4, -0.2) is 87.3 Å². The molecule has 39 heavy (non-hydrogen) atoms. The normalized spacial score (nSPS) is 19.1. The number of ether oxygens (including phenoxy) is 1. The zero-order valence-electron chi connectivity index (χ0n) is 21.5. The number of rotatable bonds is 8. The van der Waals surface area contributed by atoms with Crippen LogP contribution in [0.15, 0.2) is 30.5 Å². The average Bonchev–Trinajstić information content (AvgIpc) is 3.44. The van der Waals surface area contributed by atoms with E-state index in [1.165, 1.54) is 36.1 Å². The zero-order valence-corrected chi connectivity index (χ0v) is 23.0. The Morgan fingerprint density at radius 1 is 1.23 bits per heavy atom. The number of likely N-dealkylation sites (tertiary alicyclic amines) is 1. The van der Waals surface area contributed by atoms with Gasteiger partial charge < -0.3 is 14.5 Å². The summed E-state index contributed by atoms with van der Waals surface area (Å²) in [4.78, 5) is 40.8. The molecule has 212 valence electrons. The van der Waals surface area contributed by atoms with E-state index in [0.29, 0.717) is 29.0 Å². The number of halogens is 4. The summed E-state index contributed by atoms with van der Waals surface area (Å²) in [7, 11) is 0. The molecule has 1 aromatic heterocycles. The van der Waals surface area contributed by atoms with E-state index in [1.807, 2.05) is 6.26 Å². The van der Waals surface area contributed by atoms with Crippen molar-refractivity contribution in [3.63, 3.8) is 0 Å². The molecule has 0 bridgehead atoms. The van der Waals surface area contributed by atoms with Crippen molar-refractivity contribution in [2.45, 2.75) is 44.1 Å². The highest BCUT2D eigenvalue weighted by atomic mass is 35.5. The Morgan fingerprint density at radius 3 is 2.49 bits per heavy atom. The van der Waals surface area contributed by atoms with E-state index in [-0.39, 0.29) is 37.8 Å². The number of esters is 1. The summed E-state index contributed by atoms with van der Waals surface area (Å²) < 4.78 is 48.2. The van der Waals surface area contributed by atoms with Gasteiger partial charge in [-0.25, -0.2) is 4.68 Å². The third-order valence-electron chi connectivity index (χ3n) is 6.97. The molecule has 3 heterocycles. The summed E-state index contributed by atoms with van der Waals surface area (Å²) in [5.74, 6) is -0.589. The fourth-order valence-electron chi connectivity index (χ4n) is 5.12. The van der Waals surface area contributed by atoms with Crippen LogP contribution in [0.3, 0.4) is 0 Å². The van der Waals surface area contributed by atoms with Crippen molar-refractivity contribution in [1.29, 1.82) is 0 Å². The highest BCUT2D eigenvalue weighted by molar-refractivity contribution is 7.98.